The van der Waals surface area contributed by atoms with Crippen molar-refractivity contribution in [3.05, 3.63) is 58.1 Å². The van der Waals surface area contributed by atoms with Gasteiger partial charge in [0, 0.05) is 16.6 Å². The van der Waals surface area contributed by atoms with Crippen LogP contribution in [0.3, 0.4) is 0 Å². The van der Waals surface area contributed by atoms with Crippen LogP contribution in [0.25, 0.3) is 0 Å². The molecular formula is C22H26BrN3O4S. The maximum atomic E-state index is 12.6. The topological polar surface area (TPSA) is 104 Å². The van der Waals surface area contributed by atoms with Crippen LogP contribution < -0.4 is 16.0 Å². The molecule has 0 saturated carbocycles. The first-order valence-electron chi connectivity index (χ1n) is 10.1. The predicted octanol–water partition coefficient (Wildman–Crippen LogP) is 3.57. The smallest absolute Gasteiger partial charge is 0.251 e. The lowest BCUT2D eigenvalue weighted by Gasteiger charge is -2.27. The number of hydrogen-bond acceptors (Lipinski definition) is 5. The van der Waals surface area contributed by atoms with E-state index in [1.54, 1.807) is 36.4 Å². The third-order valence-electron chi connectivity index (χ3n) is 4.89. The number of rotatable bonds is 8. The van der Waals surface area contributed by atoms with Gasteiger partial charge < -0.3 is 16.0 Å². The first-order chi connectivity index (χ1) is 14.6. The van der Waals surface area contributed by atoms with Crippen molar-refractivity contribution in [2.45, 2.75) is 32.1 Å². The van der Waals surface area contributed by atoms with Crippen molar-refractivity contribution in [1.29, 1.82) is 0 Å². The molecule has 7 nitrogen and oxygen atoms in total. The van der Waals surface area contributed by atoms with Crippen molar-refractivity contribution in [1.82, 2.24) is 5.32 Å². The van der Waals surface area contributed by atoms with Gasteiger partial charge in [0.1, 0.15) is 6.04 Å². The molecule has 0 spiro atoms. The van der Waals surface area contributed by atoms with E-state index in [4.69, 9.17) is 0 Å². The zero-order valence-electron chi connectivity index (χ0n) is 17.4. The first-order valence-corrected chi connectivity index (χ1v) is 12.7. The van der Waals surface area contributed by atoms with Crippen molar-refractivity contribution in [3.8, 4) is 0 Å². The fourth-order valence-electron chi connectivity index (χ4n) is 3.28. The molecule has 3 N–H and O–H groups in total. The number of sulfone groups is 1. The highest BCUT2D eigenvalue weighted by molar-refractivity contribution is 9.10. The Morgan fingerprint density at radius 2 is 1.94 bits per heavy atom. The van der Waals surface area contributed by atoms with Crippen LogP contribution in [-0.2, 0) is 20.4 Å². The Bertz CT molecular complexity index is 1090. The summed E-state index contributed by atoms with van der Waals surface area (Å²) in [5.41, 5.74) is 2.13. The Morgan fingerprint density at radius 3 is 2.65 bits per heavy atom. The fourth-order valence-corrected chi connectivity index (χ4v) is 5.27. The van der Waals surface area contributed by atoms with Crippen LogP contribution in [0, 0.1) is 5.92 Å². The molecule has 1 aliphatic heterocycles. The average Bonchev–Trinajstić information content (AvgIpc) is 2.67. The van der Waals surface area contributed by atoms with E-state index in [2.05, 4.69) is 45.7 Å². The van der Waals surface area contributed by atoms with E-state index in [1.165, 1.54) is 0 Å². The molecule has 2 aromatic rings. The van der Waals surface area contributed by atoms with Crippen LogP contribution in [0.1, 0.15) is 36.2 Å². The van der Waals surface area contributed by atoms with Crippen molar-refractivity contribution in [3.63, 3.8) is 0 Å². The number of fused-ring (bicyclic) bond motifs is 1. The zero-order chi connectivity index (χ0) is 22.6. The Kier molecular flexibility index (Phi) is 7.38. The molecule has 166 valence electrons. The lowest BCUT2D eigenvalue weighted by molar-refractivity contribution is -0.116. The van der Waals surface area contributed by atoms with Gasteiger partial charge in [-0.1, -0.05) is 41.9 Å². The average molecular weight is 508 g/mol. The quantitative estimate of drug-likeness (QED) is 0.506. The van der Waals surface area contributed by atoms with E-state index in [1.807, 2.05) is 6.07 Å². The third kappa shape index (κ3) is 6.54. The highest BCUT2D eigenvalue weighted by atomic mass is 79.9. The van der Waals surface area contributed by atoms with Gasteiger partial charge in [-0.15, -0.1) is 0 Å². The van der Waals surface area contributed by atoms with Gasteiger partial charge in [-0.25, -0.2) is 8.42 Å². The molecule has 2 aromatic carbocycles. The molecule has 0 saturated heterocycles. The van der Waals surface area contributed by atoms with Gasteiger partial charge in [-0.2, -0.15) is 0 Å². The minimum absolute atomic E-state index is 0.153. The summed E-state index contributed by atoms with van der Waals surface area (Å²) < 4.78 is 26.1. The highest BCUT2D eigenvalue weighted by Gasteiger charge is 2.30. The van der Waals surface area contributed by atoms with Gasteiger partial charge in [0.15, 0.2) is 9.84 Å². The molecule has 9 heteroatoms. The number of anilines is 2. The Labute approximate surface area is 191 Å². The summed E-state index contributed by atoms with van der Waals surface area (Å²) in [5.74, 6) is -0.648. The van der Waals surface area contributed by atoms with Crippen molar-refractivity contribution < 1.29 is 18.0 Å². The number of amides is 2. The van der Waals surface area contributed by atoms with Crippen LogP contribution in [0.2, 0.25) is 0 Å². The Balaban J connectivity index is 1.66. The van der Waals surface area contributed by atoms with E-state index < -0.39 is 21.8 Å². The molecule has 0 fully saturated rings. The predicted molar refractivity (Wildman–Crippen MR) is 126 cm³/mol. The van der Waals surface area contributed by atoms with Gasteiger partial charge in [-0.3, -0.25) is 9.59 Å². The van der Waals surface area contributed by atoms with Crippen molar-refractivity contribution in [2.75, 3.05) is 22.9 Å². The SMILES string of the molecule is CC(C)CCNC(=O)c1ccc2c(c1)NC(=O)[C@H](CS(=O)(=O)Cc1cccc(Br)c1)N2. The number of halogens is 1. The summed E-state index contributed by atoms with van der Waals surface area (Å²) in [5, 5.41) is 8.57. The van der Waals surface area contributed by atoms with Gasteiger partial charge in [0.2, 0.25) is 5.91 Å². The highest BCUT2D eigenvalue weighted by Crippen LogP contribution is 2.28. The molecule has 1 aliphatic rings. The number of nitrogens with one attached hydrogen (secondary N) is 3. The maximum absolute atomic E-state index is 12.6. The van der Waals surface area contributed by atoms with Gasteiger partial charge in [-0.05, 0) is 48.2 Å². The van der Waals surface area contributed by atoms with Gasteiger partial charge >= 0.3 is 0 Å². The largest absolute Gasteiger partial charge is 0.371 e. The molecule has 0 aromatic heterocycles. The Morgan fingerprint density at radius 1 is 1.16 bits per heavy atom. The number of carbonyl (C=O) groups excluding carboxylic acids is 2. The summed E-state index contributed by atoms with van der Waals surface area (Å²) in [7, 11) is -3.53. The number of benzene rings is 2. The third-order valence-corrected chi connectivity index (χ3v) is 7.00. The lowest BCUT2D eigenvalue weighted by Crippen LogP contribution is -2.43. The summed E-state index contributed by atoms with van der Waals surface area (Å²) in [4.78, 5) is 24.8. The van der Waals surface area contributed by atoms with E-state index in [0.717, 1.165) is 10.9 Å². The van der Waals surface area contributed by atoms with Crippen LogP contribution in [-0.4, -0.2) is 38.6 Å². The van der Waals surface area contributed by atoms with Gasteiger partial charge in [0.25, 0.3) is 5.91 Å². The van der Waals surface area contributed by atoms with E-state index in [9.17, 15) is 18.0 Å². The lowest BCUT2D eigenvalue weighted by atomic mass is 10.1. The molecule has 3 rings (SSSR count). The summed E-state index contributed by atoms with van der Waals surface area (Å²) >= 11 is 3.33. The fraction of sp³-hybridized carbons (Fsp3) is 0.364. The molecule has 0 radical (unpaired) electrons. The second-order valence-corrected chi connectivity index (χ2v) is 11.1. The zero-order valence-corrected chi connectivity index (χ0v) is 19.8. The number of hydrogen-bond donors (Lipinski definition) is 3. The summed E-state index contributed by atoms with van der Waals surface area (Å²) in [6.07, 6.45) is 0.880. The maximum Gasteiger partial charge on any atom is 0.251 e. The standard InChI is InChI=1S/C22H26BrN3O4S/c1-14(2)8-9-24-21(27)16-6-7-18-19(11-16)26-22(28)20(25-18)13-31(29,30)12-15-4-3-5-17(23)10-15/h3-7,10-11,14,20,25H,8-9,12-13H2,1-2H3,(H,24,27)(H,26,28)/t20-/m0/s1. The van der Waals surface area contributed by atoms with Crippen LogP contribution >= 0.6 is 15.9 Å². The van der Waals surface area contributed by atoms with Crippen LogP contribution in [0.15, 0.2) is 46.9 Å². The molecule has 31 heavy (non-hydrogen) atoms. The minimum atomic E-state index is -3.53. The molecule has 0 unspecified atom stereocenters. The van der Waals surface area contributed by atoms with Crippen molar-refractivity contribution >= 4 is 49.0 Å². The van der Waals surface area contributed by atoms with Crippen molar-refractivity contribution in [2.24, 2.45) is 5.92 Å². The molecule has 0 aliphatic carbocycles. The molecule has 0 bridgehead atoms. The van der Waals surface area contributed by atoms with Crippen LogP contribution in [0.4, 0.5) is 11.4 Å². The van der Waals surface area contributed by atoms with Gasteiger partial charge in [0.05, 0.1) is 22.9 Å². The van der Waals surface area contributed by atoms with Crippen LogP contribution in [0.5, 0.6) is 0 Å². The van der Waals surface area contributed by atoms with E-state index >= 15 is 0 Å². The molecule has 2 amide bonds. The molecule has 1 heterocycles. The van der Waals surface area contributed by atoms with E-state index in [-0.39, 0.29) is 17.4 Å². The molecule has 1 atom stereocenters. The normalized spacial score (nSPS) is 15.7. The second kappa shape index (κ2) is 9.82. The monoisotopic (exact) mass is 507 g/mol. The second-order valence-electron chi connectivity index (χ2n) is 8.07. The first kappa shape index (κ1) is 23.3. The summed E-state index contributed by atoms with van der Waals surface area (Å²) in [6.45, 7) is 4.75. The molecular weight excluding hydrogens is 482 g/mol. The Hall–Kier alpha value is -2.39. The number of carbonyl (C=O) groups is 2. The van der Waals surface area contributed by atoms with E-state index in [0.29, 0.717) is 35.0 Å². The summed E-state index contributed by atoms with van der Waals surface area (Å²) in [6, 6.07) is 11.1. The minimum Gasteiger partial charge on any atom is -0.371 e.